The highest BCUT2D eigenvalue weighted by atomic mass is 32.2. The van der Waals surface area contributed by atoms with Crippen LogP contribution in [-0.4, -0.2) is 28.3 Å². The Hall–Kier alpha value is -0.610. The van der Waals surface area contributed by atoms with Crippen molar-refractivity contribution in [2.75, 3.05) is 12.3 Å². The number of rotatable bonds is 6. The predicted octanol–water partition coefficient (Wildman–Crippen LogP) is 2.64. The largest absolute Gasteiger partial charge is 0.314 e. The average molecular weight is 251 g/mol. The Kier molecular flexibility index (Phi) is 4.40. The molecule has 4 heteroatoms. The second-order valence-corrected chi connectivity index (χ2v) is 5.79. The fraction of sp³-hybridized carbons (Fsp3) is 0.692. The molecule has 1 aliphatic carbocycles. The van der Waals surface area contributed by atoms with Gasteiger partial charge in [-0.05, 0) is 52.1 Å². The minimum Gasteiger partial charge on any atom is -0.314 e. The van der Waals surface area contributed by atoms with E-state index >= 15 is 0 Å². The Morgan fingerprint density at radius 3 is 2.41 bits per heavy atom. The molecule has 3 nitrogen and oxygen atoms in total. The standard InChI is InChI=1S/C13H21N3S/c1-9-10(2)15-13(16-11(9)3)17-8-4-7-14-12-5-6-12/h12,14H,4-8H2,1-3H3. The van der Waals surface area contributed by atoms with Crippen LogP contribution in [0.15, 0.2) is 5.16 Å². The molecule has 0 spiro atoms. The van der Waals surface area contributed by atoms with E-state index in [-0.39, 0.29) is 0 Å². The maximum absolute atomic E-state index is 4.51. The first-order chi connectivity index (χ1) is 8.16. The van der Waals surface area contributed by atoms with Gasteiger partial charge in [0, 0.05) is 23.2 Å². The average Bonchev–Trinajstić information content (AvgIpc) is 3.09. The number of nitrogens with zero attached hydrogens (tertiary/aromatic N) is 2. The van der Waals surface area contributed by atoms with Crippen LogP contribution < -0.4 is 5.32 Å². The molecule has 1 aromatic heterocycles. The summed E-state index contributed by atoms with van der Waals surface area (Å²) in [5.41, 5.74) is 3.43. The van der Waals surface area contributed by atoms with Crippen LogP contribution in [-0.2, 0) is 0 Å². The second kappa shape index (κ2) is 5.83. The van der Waals surface area contributed by atoms with Gasteiger partial charge in [0.15, 0.2) is 5.16 Å². The van der Waals surface area contributed by atoms with Crippen LogP contribution in [0.1, 0.15) is 36.2 Å². The van der Waals surface area contributed by atoms with Gasteiger partial charge in [-0.15, -0.1) is 0 Å². The lowest BCUT2D eigenvalue weighted by Crippen LogP contribution is -2.17. The number of nitrogens with one attached hydrogen (secondary N) is 1. The Bertz CT molecular complexity index is 365. The Balaban J connectivity index is 1.73. The van der Waals surface area contributed by atoms with Crippen LogP contribution in [0.25, 0.3) is 0 Å². The summed E-state index contributed by atoms with van der Waals surface area (Å²) in [6, 6.07) is 0.820. The molecular weight excluding hydrogens is 230 g/mol. The van der Waals surface area contributed by atoms with Gasteiger partial charge in [0.2, 0.25) is 0 Å². The number of thioether (sulfide) groups is 1. The molecule has 0 amide bonds. The predicted molar refractivity (Wildman–Crippen MR) is 72.6 cm³/mol. The molecule has 0 unspecified atom stereocenters. The van der Waals surface area contributed by atoms with Crippen LogP contribution >= 0.6 is 11.8 Å². The summed E-state index contributed by atoms with van der Waals surface area (Å²) >= 11 is 1.77. The molecule has 0 bridgehead atoms. The molecule has 0 aliphatic heterocycles. The SMILES string of the molecule is Cc1nc(SCCCNC2CC2)nc(C)c1C. The van der Waals surface area contributed by atoms with Crippen molar-refractivity contribution in [3.05, 3.63) is 17.0 Å². The van der Waals surface area contributed by atoms with Crippen molar-refractivity contribution in [3.8, 4) is 0 Å². The van der Waals surface area contributed by atoms with Gasteiger partial charge < -0.3 is 5.32 Å². The van der Waals surface area contributed by atoms with Gasteiger partial charge in [-0.3, -0.25) is 0 Å². The number of hydrogen-bond donors (Lipinski definition) is 1. The summed E-state index contributed by atoms with van der Waals surface area (Å²) in [5, 5.41) is 4.45. The molecule has 94 valence electrons. The van der Waals surface area contributed by atoms with Gasteiger partial charge in [-0.2, -0.15) is 0 Å². The zero-order valence-corrected chi connectivity index (χ0v) is 11.7. The third-order valence-corrected chi connectivity index (χ3v) is 4.11. The Morgan fingerprint density at radius 1 is 1.18 bits per heavy atom. The topological polar surface area (TPSA) is 37.8 Å². The smallest absolute Gasteiger partial charge is 0.187 e. The fourth-order valence-corrected chi connectivity index (χ4v) is 2.51. The minimum absolute atomic E-state index is 0.820. The van der Waals surface area contributed by atoms with Crippen molar-refractivity contribution in [2.24, 2.45) is 0 Å². The normalized spacial score (nSPS) is 15.2. The lowest BCUT2D eigenvalue weighted by Gasteiger charge is -2.06. The zero-order valence-electron chi connectivity index (χ0n) is 10.9. The summed E-state index contributed by atoms with van der Waals surface area (Å²) in [6.07, 6.45) is 3.93. The van der Waals surface area contributed by atoms with Gasteiger partial charge >= 0.3 is 0 Å². The van der Waals surface area contributed by atoms with Crippen LogP contribution in [0.3, 0.4) is 0 Å². The van der Waals surface area contributed by atoms with Crippen molar-refractivity contribution < 1.29 is 0 Å². The third kappa shape index (κ3) is 3.96. The highest BCUT2D eigenvalue weighted by Crippen LogP contribution is 2.19. The van der Waals surface area contributed by atoms with Gasteiger partial charge in [-0.25, -0.2) is 9.97 Å². The van der Waals surface area contributed by atoms with Crippen LogP contribution in [0, 0.1) is 20.8 Å². The van der Waals surface area contributed by atoms with E-state index in [0.717, 1.165) is 34.9 Å². The van der Waals surface area contributed by atoms with Crippen molar-refractivity contribution >= 4 is 11.8 Å². The minimum atomic E-state index is 0.820. The molecule has 0 radical (unpaired) electrons. The molecule has 1 fully saturated rings. The maximum Gasteiger partial charge on any atom is 0.187 e. The van der Waals surface area contributed by atoms with E-state index in [1.165, 1.54) is 24.8 Å². The second-order valence-electron chi connectivity index (χ2n) is 4.73. The molecule has 1 heterocycles. The Labute approximate surface area is 108 Å². The summed E-state index contributed by atoms with van der Waals surface area (Å²) in [7, 11) is 0. The monoisotopic (exact) mass is 251 g/mol. The first-order valence-corrected chi connectivity index (χ1v) is 7.33. The summed E-state index contributed by atoms with van der Waals surface area (Å²) in [6.45, 7) is 7.33. The molecule has 1 saturated carbocycles. The van der Waals surface area contributed by atoms with Gasteiger partial charge in [-0.1, -0.05) is 11.8 Å². The first kappa shape index (κ1) is 12.8. The third-order valence-electron chi connectivity index (χ3n) is 3.17. The highest BCUT2D eigenvalue weighted by molar-refractivity contribution is 7.99. The molecule has 2 rings (SSSR count). The fourth-order valence-electron chi connectivity index (χ4n) is 1.64. The van der Waals surface area contributed by atoms with E-state index in [0.29, 0.717) is 0 Å². The van der Waals surface area contributed by atoms with Crippen molar-refractivity contribution in [2.45, 2.75) is 51.2 Å². The van der Waals surface area contributed by atoms with Crippen LogP contribution in [0.2, 0.25) is 0 Å². The van der Waals surface area contributed by atoms with Crippen LogP contribution in [0.5, 0.6) is 0 Å². The molecular formula is C13H21N3S. The molecule has 17 heavy (non-hydrogen) atoms. The zero-order chi connectivity index (χ0) is 12.3. The molecule has 1 aromatic rings. The van der Waals surface area contributed by atoms with Crippen LogP contribution in [0.4, 0.5) is 0 Å². The van der Waals surface area contributed by atoms with E-state index in [1.54, 1.807) is 11.8 Å². The first-order valence-electron chi connectivity index (χ1n) is 6.35. The Morgan fingerprint density at radius 2 is 1.82 bits per heavy atom. The number of aryl methyl sites for hydroxylation is 2. The maximum atomic E-state index is 4.51. The quantitative estimate of drug-likeness (QED) is 0.479. The summed E-state index contributed by atoms with van der Waals surface area (Å²) in [4.78, 5) is 9.02. The molecule has 1 N–H and O–H groups in total. The summed E-state index contributed by atoms with van der Waals surface area (Å²) in [5.74, 6) is 1.10. The van der Waals surface area contributed by atoms with Crippen molar-refractivity contribution in [1.82, 2.24) is 15.3 Å². The van der Waals surface area contributed by atoms with Gasteiger partial charge in [0.25, 0.3) is 0 Å². The van der Waals surface area contributed by atoms with E-state index in [1.807, 2.05) is 0 Å². The summed E-state index contributed by atoms with van der Waals surface area (Å²) < 4.78 is 0. The molecule has 0 saturated heterocycles. The molecule has 0 atom stereocenters. The van der Waals surface area contributed by atoms with Crippen molar-refractivity contribution in [1.29, 1.82) is 0 Å². The lowest BCUT2D eigenvalue weighted by atomic mass is 10.2. The van der Waals surface area contributed by atoms with Gasteiger partial charge in [0.05, 0.1) is 0 Å². The van der Waals surface area contributed by atoms with Crippen molar-refractivity contribution in [3.63, 3.8) is 0 Å². The number of hydrogen-bond acceptors (Lipinski definition) is 4. The molecule has 0 aromatic carbocycles. The van der Waals surface area contributed by atoms with E-state index in [2.05, 4.69) is 36.1 Å². The van der Waals surface area contributed by atoms with Gasteiger partial charge in [0.1, 0.15) is 0 Å². The van der Waals surface area contributed by atoms with E-state index in [4.69, 9.17) is 0 Å². The van der Waals surface area contributed by atoms with E-state index < -0.39 is 0 Å². The van der Waals surface area contributed by atoms with E-state index in [9.17, 15) is 0 Å². The highest BCUT2D eigenvalue weighted by Gasteiger charge is 2.19. The molecule has 1 aliphatic rings. The number of aromatic nitrogens is 2. The lowest BCUT2D eigenvalue weighted by molar-refractivity contribution is 0.673.